The van der Waals surface area contributed by atoms with Crippen LogP contribution in [0.5, 0.6) is 5.75 Å². The quantitative estimate of drug-likeness (QED) is 0.831. The van der Waals surface area contributed by atoms with Gasteiger partial charge in [-0.25, -0.2) is 21.9 Å². The summed E-state index contributed by atoms with van der Waals surface area (Å²) in [5.74, 6) is 3.36. The minimum atomic E-state index is -3.27. The van der Waals surface area contributed by atoms with Gasteiger partial charge in [0.15, 0.2) is 11.6 Å². The van der Waals surface area contributed by atoms with Crippen LogP contribution in [0.3, 0.4) is 0 Å². The summed E-state index contributed by atoms with van der Waals surface area (Å²) < 4.78 is 54.1. The third kappa shape index (κ3) is 5.61. The first kappa shape index (κ1) is 14.4. The van der Waals surface area contributed by atoms with Crippen LogP contribution in [0.15, 0.2) is 18.2 Å². The van der Waals surface area contributed by atoms with Crippen LogP contribution in [0.2, 0.25) is 0 Å². The van der Waals surface area contributed by atoms with E-state index in [1.807, 2.05) is 0 Å². The van der Waals surface area contributed by atoms with Crippen molar-refractivity contribution < 1.29 is 21.9 Å². The Morgan fingerprint density at radius 2 is 2.06 bits per heavy atom. The molecular weight excluding hydrogens is 264 g/mol. The number of sulfonamides is 1. The Balaban J connectivity index is 2.40. The molecule has 0 saturated carbocycles. The van der Waals surface area contributed by atoms with Gasteiger partial charge in [-0.05, 0) is 12.1 Å². The maximum Gasteiger partial charge on any atom is 0.209 e. The second-order valence-corrected chi connectivity index (χ2v) is 5.14. The highest BCUT2D eigenvalue weighted by molar-refractivity contribution is 7.88. The van der Waals surface area contributed by atoms with Gasteiger partial charge in [-0.15, -0.1) is 0 Å². The van der Waals surface area contributed by atoms with E-state index in [2.05, 4.69) is 16.6 Å². The van der Waals surface area contributed by atoms with Crippen molar-refractivity contribution >= 4 is 10.0 Å². The fraction of sp³-hybridized carbons (Fsp3) is 0.273. The lowest BCUT2D eigenvalue weighted by Crippen LogP contribution is -2.21. The Morgan fingerprint density at radius 3 is 2.67 bits per heavy atom. The van der Waals surface area contributed by atoms with E-state index in [1.54, 1.807) is 0 Å². The van der Waals surface area contributed by atoms with E-state index in [4.69, 9.17) is 4.74 Å². The van der Waals surface area contributed by atoms with Gasteiger partial charge in [0.1, 0.15) is 12.4 Å². The second-order valence-electron chi connectivity index (χ2n) is 3.31. The van der Waals surface area contributed by atoms with Crippen molar-refractivity contribution in [3.63, 3.8) is 0 Å². The van der Waals surface area contributed by atoms with Crippen molar-refractivity contribution in [2.45, 2.75) is 0 Å². The molecule has 0 unspecified atom stereocenters. The van der Waals surface area contributed by atoms with Crippen molar-refractivity contribution in [3.8, 4) is 17.6 Å². The number of rotatable bonds is 4. The van der Waals surface area contributed by atoms with Gasteiger partial charge in [0.05, 0.1) is 12.8 Å². The van der Waals surface area contributed by atoms with Gasteiger partial charge in [0, 0.05) is 6.07 Å². The predicted octanol–water partition coefficient (Wildman–Crippen LogP) is 0.896. The SMILES string of the molecule is CS(=O)(=O)NCC#CCOc1ccc(F)cc1F. The molecule has 4 nitrogen and oxygen atoms in total. The molecule has 0 radical (unpaired) electrons. The lowest BCUT2D eigenvalue weighted by molar-refractivity contribution is 0.346. The first-order chi connectivity index (χ1) is 8.38. The Bertz CT molecular complexity index is 576. The van der Waals surface area contributed by atoms with Gasteiger partial charge >= 0.3 is 0 Å². The molecule has 0 aromatic heterocycles. The summed E-state index contributed by atoms with van der Waals surface area (Å²) in [5, 5.41) is 0. The van der Waals surface area contributed by atoms with Gasteiger partial charge in [-0.2, -0.15) is 0 Å². The molecule has 0 bridgehead atoms. The van der Waals surface area contributed by atoms with Gasteiger partial charge in [0.2, 0.25) is 10.0 Å². The molecular formula is C11H11F2NO3S. The van der Waals surface area contributed by atoms with Crippen LogP contribution < -0.4 is 9.46 Å². The lowest BCUT2D eigenvalue weighted by atomic mass is 10.3. The topological polar surface area (TPSA) is 55.4 Å². The molecule has 0 atom stereocenters. The molecule has 7 heteroatoms. The average molecular weight is 275 g/mol. The number of nitrogens with one attached hydrogen (secondary N) is 1. The Labute approximate surface area is 104 Å². The largest absolute Gasteiger partial charge is 0.478 e. The molecule has 98 valence electrons. The number of hydrogen-bond donors (Lipinski definition) is 1. The third-order valence-electron chi connectivity index (χ3n) is 1.74. The molecule has 1 aromatic carbocycles. The molecule has 0 amide bonds. The molecule has 0 aliphatic heterocycles. The summed E-state index contributed by atoms with van der Waals surface area (Å²) in [6, 6.07) is 2.92. The number of ether oxygens (including phenoxy) is 1. The first-order valence-corrected chi connectivity index (χ1v) is 6.76. The summed E-state index contributed by atoms with van der Waals surface area (Å²) in [4.78, 5) is 0. The third-order valence-corrected chi connectivity index (χ3v) is 2.41. The van der Waals surface area contributed by atoms with Crippen LogP contribution >= 0.6 is 0 Å². The van der Waals surface area contributed by atoms with Gasteiger partial charge < -0.3 is 4.74 Å². The fourth-order valence-electron chi connectivity index (χ4n) is 0.987. The van der Waals surface area contributed by atoms with E-state index in [1.165, 1.54) is 0 Å². The molecule has 0 heterocycles. The molecule has 1 N–H and O–H groups in total. The molecule has 0 spiro atoms. The standard InChI is InChI=1S/C11H11F2NO3S/c1-18(15,16)14-6-2-3-7-17-11-5-4-9(12)8-10(11)13/h4-5,8,14H,6-7H2,1H3. The van der Waals surface area contributed by atoms with Crippen molar-refractivity contribution in [2.24, 2.45) is 0 Å². The lowest BCUT2D eigenvalue weighted by Gasteiger charge is -2.02. The molecule has 1 aromatic rings. The molecule has 0 saturated heterocycles. The van der Waals surface area contributed by atoms with E-state index in [9.17, 15) is 17.2 Å². The summed E-state index contributed by atoms with van der Waals surface area (Å²) in [7, 11) is -3.27. The van der Waals surface area contributed by atoms with Gasteiger partial charge in [-0.3, -0.25) is 0 Å². The molecule has 1 rings (SSSR count). The zero-order valence-electron chi connectivity index (χ0n) is 9.54. The van der Waals surface area contributed by atoms with E-state index < -0.39 is 21.7 Å². The monoisotopic (exact) mass is 275 g/mol. The number of hydrogen-bond acceptors (Lipinski definition) is 3. The highest BCUT2D eigenvalue weighted by atomic mass is 32.2. The Morgan fingerprint density at radius 1 is 1.33 bits per heavy atom. The normalized spacial score (nSPS) is 10.6. The zero-order valence-corrected chi connectivity index (χ0v) is 10.4. The summed E-state index contributed by atoms with van der Waals surface area (Å²) >= 11 is 0. The fourth-order valence-corrected chi connectivity index (χ4v) is 1.32. The van der Waals surface area contributed by atoms with E-state index in [0.29, 0.717) is 6.07 Å². The van der Waals surface area contributed by atoms with Crippen LogP contribution in [-0.2, 0) is 10.0 Å². The Kier molecular flexibility index (Phi) is 5.07. The average Bonchev–Trinajstić information content (AvgIpc) is 2.24. The van der Waals surface area contributed by atoms with Crippen molar-refractivity contribution in [1.82, 2.24) is 4.72 Å². The highest BCUT2D eigenvalue weighted by Crippen LogP contribution is 2.16. The Hall–Kier alpha value is -1.65. The van der Waals surface area contributed by atoms with E-state index in [0.717, 1.165) is 18.4 Å². The molecule has 18 heavy (non-hydrogen) atoms. The van der Waals surface area contributed by atoms with E-state index in [-0.39, 0.29) is 18.9 Å². The second kappa shape index (κ2) is 6.33. The highest BCUT2D eigenvalue weighted by Gasteiger charge is 2.03. The summed E-state index contributed by atoms with van der Waals surface area (Å²) in [5.41, 5.74) is 0. The maximum atomic E-state index is 13.1. The minimum absolute atomic E-state index is 0.0475. The van der Waals surface area contributed by atoms with Crippen LogP contribution in [0.1, 0.15) is 0 Å². The summed E-state index contributed by atoms with van der Waals surface area (Å²) in [6.45, 7) is -0.165. The number of benzene rings is 1. The maximum absolute atomic E-state index is 13.1. The zero-order chi connectivity index (χ0) is 13.6. The van der Waals surface area contributed by atoms with Crippen molar-refractivity contribution in [3.05, 3.63) is 29.8 Å². The number of halogens is 2. The van der Waals surface area contributed by atoms with E-state index >= 15 is 0 Å². The molecule has 0 aliphatic carbocycles. The van der Waals surface area contributed by atoms with Crippen LogP contribution in [0, 0.1) is 23.5 Å². The molecule has 0 aliphatic rings. The predicted molar refractivity (Wildman–Crippen MR) is 62.5 cm³/mol. The molecule has 0 fully saturated rings. The van der Waals surface area contributed by atoms with Gasteiger partial charge in [0.25, 0.3) is 0 Å². The van der Waals surface area contributed by atoms with Crippen LogP contribution in [-0.4, -0.2) is 27.8 Å². The van der Waals surface area contributed by atoms with Crippen LogP contribution in [0.4, 0.5) is 8.78 Å². The van der Waals surface area contributed by atoms with Crippen molar-refractivity contribution in [1.29, 1.82) is 0 Å². The smallest absolute Gasteiger partial charge is 0.209 e. The van der Waals surface area contributed by atoms with Crippen LogP contribution in [0.25, 0.3) is 0 Å². The van der Waals surface area contributed by atoms with Gasteiger partial charge in [-0.1, -0.05) is 11.8 Å². The van der Waals surface area contributed by atoms with Crippen molar-refractivity contribution in [2.75, 3.05) is 19.4 Å². The first-order valence-electron chi connectivity index (χ1n) is 4.87. The summed E-state index contributed by atoms with van der Waals surface area (Å²) in [6.07, 6.45) is 1.01. The minimum Gasteiger partial charge on any atom is -0.478 e.